The molecule has 1 aromatic rings. The normalized spacial score (nSPS) is 31.9. The second-order valence-electron chi connectivity index (χ2n) is 10.9. The van der Waals surface area contributed by atoms with Crippen LogP contribution < -0.4 is 4.90 Å². The van der Waals surface area contributed by atoms with E-state index in [9.17, 15) is 19.5 Å². The minimum absolute atomic E-state index is 0.00263. The van der Waals surface area contributed by atoms with Crippen molar-refractivity contribution in [2.75, 3.05) is 31.2 Å². The topological polar surface area (TPSA) is 96.4 Å². The summed E-state index contributed by atoms with van der Waals surface area (Å²) in [5.74, 6) is -2.56. The highest BCUT2D eigenvalue weighted by Crippen LogP contribution is 2.65. The molecule has 6 atom stereocenters. The Balaban J connectivity index is 1.83. The average Bonchev–Trinajstić information content (AvgIpc) is 3.36. The summed E-state index contributed by atoms with van der Waals surface area (Å²) in [6.45, 7) is 14.2. The lowest BCUT2D eigenvalue weighted by Crippen LogP contribution is -2.57. The van der Waals surface area contributed by atoms with Crippen molar-refractivity contribution in [3.8, 4) is 0 Å². The van der Waals surface area contributed by atoms with Crippen LogP contribution in [0.2, 0.25) is 0 Å². The van der Waals surface area contributed by atoms with Gasteiger partial charge in [0.2, 0.25) is 5.91 Å². The van der Waals surface area contributed by atoms with Gasteiger partial charge in [-0.05, 0) is 70.1 Å². The number of amides is 2. The third-order valence-electron chi connectivity index (χ3n) is 8.63. The summed E-state index contributed by atoms with van der Waals surface area (Å²) in [6.07, 6.45) is 3.22. The molecule has 1 spiro atoms. The highest BCUT2D eigenvalue weighted by atomic mass is 16.6. The Bertz CT molecular complexity index is 1090. The predicted molar refractivity (Wildman–Crippen MR) is 140 cm³/mol. The summed E-state index contributed by atoms with van der Waals surface area (Å²) >= 11 is 0. The number of benzene rings is 1. The van der Waals surface area contributed by atoms with Crippen LogP contribution in [0.25, 0.3) is 0 Å². The van der Waals surface area contributed by atoms with Gasteiger partial charge in [0.15, 0.2) is 0 Å². The fraction of sp³-hybridized carbons (Fsp3) is 0.621. The zero-order chi connectivity index (χ0) is 27.1. The Morgan fingerprint density at radius 3 is 2.70 bits per heavy atom. The van der Waals surface area contributed by atoms with Crippen LogP contribution in [0.3, 0.4) is 0 Å². The van der Waals surface area contributed by atoms with E-state index in [0.29, 0.717) is 25.8 Å². The number of hydrogen-bond acceptors (Lipinski definition) is 6. The van der Waals surface area contributed by atoms with Crippen molar-refractivity contribution in [1.29, 1.82) is 0 Å². The van der Waals surface area contributed by atoms with E-state index in [2.05, 4.69) is 6.58 Å². The van der Waals surface area contributed by atoms with Gasteiger partial charge in [-0.2, -0.15) is 0 Å². The number of esters is 1. The molecule has 0 saturated carbocycles. The molecule has 8 heteroatoms. The van der Waals surface area contributed by atoms with Gasteiger partial charge >= 0.3 is 5.97 Å². The molecule has 8 nitrogen and oxygen atoms in total. The molecule has 3 aliphatic rings. The number of fused-ring (bicyclic) bond motifs is 1. The monoisotopic (exact) mass is 512 g/mol. The third kappa shape index (κ3) is 4.18. The van der Waals surface area contributed by atoms with Crippen molar-refractivity contribution >= 4 is 23.5 Å². The second-order valence-corrected chi connectivity index (χ2v) is 10.9. The SMILES string of the molecule is C=CCN(C(=O)C1N(CCCCO)C(=O)[C@@H]2[C@H](C(=O)OCC)[C@@]3(C)OC12CC3C)c1cc(C)ccc1C. The molecule has 4 rings (SSSR count). The van der Waals surface area contributed by atoms with Crippen LogP contribution in [-0.2, 0) is 23.9 Å². The van der Waals surface area contributed by atoms with Crippen LogP contribution in [0.1, 0.15) is 51.2 Å². The quantitative estimate of drug-likeness (QED) is 0.294. The summed E-state index contributed by atoms with van der Waals surface area (Å²) in [7, 11) is 0. The van der Waals surface area contributed by atoms with Crippen molar-refractivity contribution < 1.29 is 29.0 Å². The van der Waals surface area contributed by atoms with Crippen LogP contribution in [0, 0.1) is 31.6 Å². The van der Waals surface area contributed by atoms with E-state index < -0.39 is 35.0 Å². The maximum absolute atomic E-state index is 14.6. The van der Waals surface area contributed by atoms with E-state index in [4.69, 9.17) is 9.47 Å². The second kappa shape index (κ2) is 10.2. The lowest BCUT2D eigenvalue weighted by molar-refractivity contribution is -0.161. The molecule has 1 aromatic carbocycles. The number of anilines is 1. The van der Waals surface area contributed by atoms with Crippen LogP contribution >= 0.6 is 0 Å². The molecule has 202 valence electrons. The largest absolute Gasteiger partial charge is 0.466 e. The molecule has 3 unspecified atom stereocenters. The van der Waals surface area contributed by atoms with Gasteiger partial charge in [0.25, 0.3) is 5.91 Å². The summed E-state index contributed by atoms with van der Waals surface area (Å²) < 4.78 is 12.2. The molecule has 0 radical (unpaired) electrons. The summed E-state index contributed by atoms with van der Waals surface area (Å²) in [5, 5.41) is 9.38. The number of aryl methyl sites for hydroxylation is 2. The number of aliphatic hydroxyl groups is 1. The van der Waals surface area contributed by atoms with Gasteiger partial charge in [-0.3, -0.25) is 14.4 Å². The van der Waals surface area contributed by atoms with Gasteiger partial charge in [-0.1, -0.05) is 25.1 Å². The molecule has 2 amide bonds. The predicted octanol–water partition coefficient (Wildman–Crippen LogP) is 3.17. The number of carbonyl (C=O) groups excluding carboxylic acids is 3. The van der Waals surface area contributed by atoms with E-state index >= 15 is 0 Å². The van der Waals surface area contributed by atoms with Gasteiger partial charge in [0.05, 0.1) is 18.1 Å². The fourth-order valence-electron chi connectivity index (χ4n) is 6.84. The molecule has 3 fully saturated rings. The summed E-state index contributed by atoms with van der Waals surface area (Å²) in [5.41, 5.74) is 0.692. The Labute approximate surface area is 219 Å². The zero-order valence-electron chi connectivity index (χ0n) is 22.7. The molecular formula is C29H40N2O6. The number of carbonyl (C=O) groups is 3. The molecule has 3 aliphatic heterocycles. The summed E-state index contributed by atoms with van der Waals surface area (Å²) in [6, 6.07) is 5.05. The first kappa shape index (κ1) is 27.3. The van der Waals surface area contributed by atoms with Gasteiger partial charge < -0.3 is 24.4 Å². The van der Waals surface area contributed by atoms with Crippen molar-refractivity contribution in [2.45, 2.75) is 71.1 Å². The maximum Gasteiger partial charge on any atom is 0.312 e. The van der Waals surface area contributed by atoms with Crippen molar-refractivity contribution in [2.24, 2.45) is 17.8 Å². The number of likely N-dealkylation sites (tertiary alicyclic amines) is 1. The molecule has 37 heavy (non-hydrogen) atoms. The fourth-order valence-corrected chi connectivity index (χ4v) is 6.84. The molecule has 3 saturated heterocycles. The molecule has 3 heterocycles. The Hall–Kier alpha value is -2.71. The number of ether oxygens (including phenoxy) is 2. The minimum atomic E-state index is -1.13. The first-order chi connectivity index (χ1) is 17.6. The first-order valence-electron chi connectivity index (χ1n) is 13.3. The number of aliphatic hydroxyl groups excluding tert-OH is 1. The molecular weight excluding hydrogens is 472 g/mol. The number of unbranched alkanes of at least 4 members (excludes halogenated alkanes) is 1. The molecule has 0 aliphatic carbocycles. The maximum atomic E-state index is 14.6. The van der Waals surface area contributed by atoms with Crippen molar-refractivity contribution in [1.82, 2.24) is 4.90 Å². The van der Waals surface area contributed by atoms with Gasteiger partial charge in [0.1, 0.15) is 17.6 Å². The lowest BCUT2D eigenvalue weighted by atomic mass is 9.62. The van der Waals surface area contributed by atoms with E-state index in [1.54, 1.807) is 22.8 Å². The molecule has 0 aromatic heterocycles. The molecule has 2 bridgehead atoms. The zero-order valence-corrected chi connectivity index (χ0v) is 22.7. The smallest absolute Gasteiger partial charge is 0.312 e. The lowest BCUT2D eigenvalue weighted by Gasteiger charge is -2.37. The third-order valence-corrected chi connectivity index (χ3v) is 8.63. The van der Waals surface area contributed by atoms with E-state index in [-0.39, 0.29) is 37.5 Å². The van der Waals surface area contributed by atoms with Gasteiger partial charge in [-0.15, -0.1) is 6.58 Å². The summed E-state index contributed by atoms with van der Waals surface area (Å²) in [4.78, 5) is 45.2. The van der Waals surface area contributed by atoms with Crippen molar-refractivity contribution in [3.63, 3.8) is 0 Å². The molecule has 1 N–H and O–H groups in total. The van der Waals surface area contributed by atoms with Crippen molar-refractivity contribution in [3.05, 3.63) is 42.0 Å². The Morgan fingerprint density at radius 1 is 1.32 bits per heavy atom. The number of nitrogens with zero attached hydrogens (tertiary/aromatic N) is 2. The highest BCUT2D eigenvalue weighted by Gasteiger charge is 2.80. The Morgan fingerprint density at radius 2 is 2.05 bits per heavy atom. The minimum Gasteiger partial charge on any atom is -0.466 e. The van der Waals surface area contributed by atoms with Gasteiger partial charge in [-0.25, -0.2) is 0 Å². The van der Waals surface area contributed by atoms with E-state index in [1.165, 1.54) is 0 Å². The average molecular weight is 513 g/mol. The Kier molecular flexibility index (Phi) is 7.55. The standard InChI is InChI=1S/C29H40N2O6/c1-7-13-30(21-16-18(3)11-12-19(21)4)26(34)24-29-17-20(5)28(6,37-29)23(27(35)36-8-2)22(29)25(33)31(24)14-9-10-15-32/h7,11-12,16,20,22-24,32H,1,8-10,13-15,17H2,2-6H3/t20?,22-,23+,24?,28-,29?/m0/s1. The van der Waals surface area contributed by atoms with E-state index in [0.717, 1.165) is 16.8 Å². The van der Waals surface area contributed by atoms with Gasteiger partial charge in [0, 0.05) is 25.4 Å². The van der Waals surface area contributed by atoms with E-state index in [1.807, 2.05) is 45.9 Å². The number of rotatable bonds is 10. The van der Waals surface area contributed by atoms with Crippen LogP contribution in [0.15, 0.2) is 30.9 Å². The number of hydrogen-bond donors (Lipinski definition) is 1. The first-order valence-corrected chi connectivity index (χ1v) is 13.3. The van der Waals surface area contributed by atoms with Crippen LogP contribution in [-0.4, -0.2) is 71.3 Å². The highest BCUT2D eigenvalue weighted by molar-refractivity contribution is 6.05. The van der Waals surface area contributed by atoms with Crippen LogP contribution in [0.5, 0.6) is 0 Å². The van der Waals surface area contributed by atoms with Crippen LogP contribution in [0.4, 0.5) is 5.69 Å².